The van der Waals surface area contributed by atoms with Crippen LogP contribution in [0.25, 0.3) is 0 Å². The molecular formula is C13H19N3O2. The third-order valence-corrected chi connectivity index (χ3v) is 3.19. The Kier molecular flexibility index (Phi) is 3.81. The van der Waals surface area contributed by atoms with Crippen molar-refractivity contribution in [1.29, 1.82) is 0 Å². The molecule has 3 N–H and O–H groups in total. The Morgan fingerprint density at radius 1 is 1.61 bits per heavy atom. The molecule has 1 unspecified atom stereocenters. The first-order chi connectivity index (χ1) is 8.60. The van der Waals surface area contributed by atoms with Crippen molar-refractivity contribution in [3.8, 4) is 0 Å². The lowest BCUT2D eigenvalue weighted by Gasteiger charge is -2.30. The maximum absolute atomic E-state index is 12.3. The minimum Gasteiger partial charge on any atom is -0.391 e. The van der Waals surface area contributed by atoms with Crippen LogP contribution in [0.5, 0.6) is 0 Å². The summed E-state index contributed by atoms with van der Waals surface area (Å²) in [5, 5.41) is 9.60. The molecule has 1 fully saturated rings. The number of nitrogens with zero attached hydrogens (tertiary/aromatic N) is 2. The molecule has 18 heavy (non-hydrogen) atoms. The van der Waals surface area contributed by atoms with Gasteiger partial charge in [-0.2, -0.15) is 0 Å². The molecule has 5 nitrogen and oxygen atoms in total. The fraction of sp³-hybridized carbons (Fsp3) is 0.538. The summed E-state index contributed by atoms with van der Waals surface area (Å²) in [5.74, 6) is 0.299. The highest BCUT2D eigenvalue weighted by Crippen LogP contribution is 2.16. The monoisotopic (exact) mass is 249 g/mol. The van der Waals surface area contributed by atoms with Crippen molar-refractivity contribution in [3.63, 3.8) is 0 Å². The molecule has 0 aliphatic carbocycles. The molecule has 1 saturated heterocycles. The summed E-state index contributed by atoms with van der Waals surface area (Å²) < 4.78 is 0. The molecule has 2 rings (SSSR count). The van der Waals surface area contributed by atoms with Crippen LogP contribution in [0.2, 0.25) is 0 Å². The number of pyridine rings is 1. The first-order valence-electron chi connectivity index (χ1n) is 6.34. The van der Waals surface area contributed by atoms with Gasteiger partial charge in [-0.25, -0.2) is 4.98 Å². The number of hydrogen-bond donors (Lipinski definition) is 2. The van der Waals surface area contributed by atoms with Gasteiger partial charge in [-0.1, -0.05) is 6.92 Å². The number of nitrogen functional groups attached to an aromatic ring is 1. The zero-order valence-electron chi connectivity index (χ0n) is 10.6. The van der Waals surface area contributed by atoms with E-state index < -0.39 is 6.10 Å². The molecule has 2 heterocycles. The van der Waals surface area contributed by atoms with Crippen LogP contribution in [0.3, 0.4) is 0 Å². The summed E-state index contributed by atoms with van der Waals surface area (Å²) in [4.78, 5) is 18.1. The van der Waals surface area contributed by atoms with Crippen LogP contribution in [0.15, 0.2) is 12.1 Å². The van der Waals surface area contributed by atoms with Gasteiger partial charge in [0.1, 0.15) is 5.82 Å². The Labute approximate surface area is 107 Å². The SMILES string of the molecule is CCc1cc(C(=O)N2CCCC(O)C2)cc(N)n1. The molecule has 1 aliphatic heterocycles. The molecule has 98 valence electrons. The van der Waals surface area contributed by atoms with E-state index in [1.54, 1.807) is 17.0 Å². The first-order valence-corrected chi connectivity index (χ1v) is 6.34. The summed E-state index contributed by atoms with van der Waals surface area (Å²) in [6.07, 6.45) is 1.94. The standard InChI is InChI=1S/C13H19N3O2/c1-2-10-6-9(7-12(14)15-10)13(18)16-5-3-4-11(17)8-16/h6-7,11,17H,2-5,8H2,1H3,(H2,14,15). The quantitative estimate of drug-likeness (QED) is 0.813. The normalized spacial score (nSPS) is 19.9. The highest BCUT2D eigenvalue weighted by atomic mass is 16.3. The van der Waals surface area contributed by atoms with Crippen LogP contribution in [0.4, 0.5) is 5.82 Å². The number of aryl methyl sites for hydroxylation is 1. The number of anilines is 1. The molecule has 1 atom stereocenters. The summed E-state index contributed by atoms with van der Waals surface area (Å²) >= 11 is 0. The lowest BCUT2D eigenvalue weighted by molar-refractivity contribution is 0.0473. The fourth-order valence-electron chi connectivity index (χ4n) is 2.24. The molecule has 1 amide bonds. The summed E-state index contributed by atoms with van der Waals surface area (Å²) in [5.41, 5.74) is 7.08. The summed E-state index contributed by atoms with van der Waals surface area (Å²) in [6.45, 7) is 3.07. The average Bonchev–Trinajstić information content (AvgIpc) is 2.37. The van der Waals surface area contributed by atoms with E-state index in [2.05, 4.69) is 4.98 Å². The molecule has 1 aliphatic rings. The molecule has 1 aromatic heterocycles. The van der Waals surface area contributed by atoms with Crippen molar-refractivity contribution >= 4 is 11.7 Å². The molecular weight excluding hydrogens is 230 g/mol. The number of likely N-dealkylation sites (tertiary alicyclic amines) is 1. The zero-order chi connectivity index (χ0) is 13.1. The molecule has 0 bridgehead atoms. The van der Waals surface area contributed by atoms with Crippen molar-refractivity contribution in [2.75, 3.05) is 18.8 Å². The maximum atomic E-state index is 12.3. The third-order valence-electron chi connectivity index (χ3n) is 3.19. The second-order valence-electron chi connectivity index (χ2n) is 4.67. The van der Waals surface area contributed by atoms with Gasteiger partial charge in [0, 0.05) is 24.3 Å². The van der Waals surface area contributed by atoms with Gasteiger partial charge < -0.3 is 15.7 Å². The average molecular weight is 249 g/mol. The van der Waals surface area contributed by atoms with Gasteiger partial charge in [-0.15, -0.1) is 0 Å². The predicted molar refractivity (Wildman–Crippen MR) is 69.2 cm³/mol. The van der Waals surface area contributed by atoms with Crippen molar-refractivity contribution < 1.29 is 9.90 Å². The fourth-order valence-corrected chi connectivity index (χ4v) is 2.24. The molecule has 0 radical (unpaired) electrons. The van der Waals surface area contributed by atoms with Gasteiger partial charge in [0.05, 0.1) is 6.10 Å². The lowest BCUT2D eigenvalue weighted by Crippen LogP contribution is -2.42. The third kappa shape index (κ3) is 2.79. The summed E-state index contributed by atoms with van der Waals surface area (Å²) in [7, 11) is 0. The number of rotatable bonds is 2. The van der Waals surface area contributed by atoms with Gasteiger partial charge in [0.2, 0.25) is 0 Å². The van der Waals surface area contributed by atoms with E-state index in [1.807, 2.05) is 6.92 Å². The zero-order valence-corrected chi connectivity index (χ0v) is 10.6. The van der Waals surface area contributed by atoms with E-state index in [9.17, 15) is 9.90 Å². The van der Waals surface area contributed by atoms with Crippen LogP contribution < -0.4 is 5.73 Å². The Morgan fingerprint density at radius 3 is 3.06 bits per heavy atom. The predicted octanol–water partition coefficient (Wildman–Crippen LogP) is 0.823. The number of carbonyl (C=O) groups excluding carboxylic acids is 1. The number of aliphatic hydroxyl groups is 1. The molecule has 1 aromatic rings. The van der Waals surface area contributed by atoms with E-state index in [-0.39, 0.29) is 5.91 Å². The number of hydrogen-bond acceptors (Lipinski definition) is 4. The van der Waals surface area contributed by atoms with Crippen molar-refractivity contribution in [2.24, 2.45) is 0 Å². The number of aromatic nitrogens is 1. The van der Waals surface area contributed by atoms with Gasteiger partial charge in [0.15, 0.2) is 0 Å². The molecule has 5 heteroatoms. The van der Waals surface area contributed by atoms with Gasteiger partial charge >= 0.3 is 0 Å². The number of β-amino-alcohol motifs (C(OH)–C–C–N with tert-alkyl or cyclic N) is 1. The first kappa shape index (κ1) is 12.8. The highest BCUT2D eigenvalue weighted by Gasteiger charge is 2.23. The van der Waals surface area contributed by atoms with Crippen molar-refractivity contribution in [2.45, 2.75) is 32.3 Å². The van der Waals surface area contributed by atoms with E-state index in [4.69, 9.17) is 5.73 Å². The Bertz CT molecular complexity index is 448. The van der Waals surface area contributed by atoms with E-state index >= 15 is 0 Å². The van der Waals surface area contributed by atoms with Crippen molar-refractivity contribution in [1.82, 2.24) is 9.88 Å². The van der Waals surface area contributed by atoms with Crippen LogP contribution in [0, 0.1) is 0 Å². The second-order valence-corrected chi connectivity index (χ2v) is 4.67. The van der Waals surface area contributed by atoms with E-state index in [0.29, 0.717) is 24.5 Å². The minimum atomic E-state index is -0.410. The molecule has 0 spiro atoms. The van der Waals surface area contributed by atoms with E-state index in [1.165, 1.54) is 0 Å². The largest absolute Gasteiger partial charge is 0.391 e. The van der Waals surface area contributed by atoms with Gasteiger partial charge in [-0.3, -0.25) is 4.79 Å². The Morgan fingerprint density at radius 2 is 2.39 bits per heavy atom. The highest BCUT2D eigenvalue weighted by molar-refractivity contribution is 5.95. The number of amides is 1. The van der Waals surface area contributed by atoms with Crippen LogP contribution in [-0.2, 0) is 6.42 Å². The number of aliphatic hydroxyl groups excluding tert-OH is 1. The van der Waals surface area contributed by atoms with Gasteiger partial charge in [-0.05, 0) is 31.4 Å². The van der Waals surface area contributed by atoms with Crippen LogP contribution in [-0.4, -0.2) is 40.1 Å². The number of nitrogens with two attached hydrogens (primary N) is 1. The minimum absolute atomic E-state index is 0.0717. The molecule has 0 saturated carbocycles. The second kappa shape index (κ2) is 5.35. The Balaban J connectivity index is 2.19. The Hall–Kier alpha value is -1.62. The summed E-state index contributed by atoms with van der Waals surface area (Å²) in [6, 6.07) is 3.38. The van der Waals surface area contributed by atoms with Crippen molar-refractivity contribution in [3.05, 3.63) is 23.4 Å². The molecule has 0 aromatic carbocycles. The smallest absolute Gasteiger partial charge is 0.254 e. The number of carbonyl (C=O) groups is 1. The van der Waals surface area contributed by atoms with Crippen LogP contribution in [0.1, 0.15) is 35.8 Å². The van der Waals surface area contributed by atoms with Crippen LogP contribution >= 0.6 is 0 Å². The van der Waals surface area contributed by atoms with Gasteiger partial charge in [0.25, 0.3) is 5.91 Å². The number of piperidine rings is 1. The maximum Gasteiger partial charge on any atom is 0.254 e. The topological polar surface area (TPSA) is 79.5 Å². The lowest BCUT2D eigenvalue weighted by atomic mass is 10.1. The van der Waals surface area contributed by atoms with E-state index in [0.717, 1.165) is 25.0 Å².